The lowest BCUT2D eigenvalue weighted by molar-refractivity contribution is -0.106. The minimum Gasteiger partial charge on any atom is -0.393 e. The summed E-state index contributed by atoms with van der Waals surface area (Å²) in [5.41, 5.74) is 2.63. The van der Waals surface area contributed by atoms with E-state index in [1.54, 1.807) is 5.57 Å². The Labute approximate surface area is 198 Å². The molecule has 0 saturated heterocycles. The molecule has 32 heavy (non-hydrogen) atoms. The highest BCUT2D eigenvalue weighted by molar-refractivity contribution is 5.25. The van der Waals surface area contributed by atoms with Gasteiger partial charge in [0.15, 0.2) is 0 Å². The van der Waals surface area contributed by atoms with E-state index in [1.165, 1.54) is 64.2 Å². The largest absolute Gasteiger partial charge is 0.393 e. The molecule has 0 aromatic carbocycles. The molecule has 4 fully saturated rings. The van der Waals surface area contributed by atoms with Crippen LogP contribution < -0.4 is 0 Å². The molecule has 0 aliphatic heterocycles. The monoisotopic (exact) mass is 442 g/mol. The van der Waals surface area contributed by atoms with Gasteiger partial charge in [0.1, 0.15) is 0 Å². The van der Waals surface area contributed by atoms with Gasteiger partial charge in [0.05, 0.1) is 18.3 Å². The Morgan fingerprint density at radius 1 is 0.969 bits per heavy atom. The van der Waals surface area contributed by atoms with Gasteiger partial charge in [-0.1, -0.05) is 59.1 Å². The van der Waals surface area contributed by atoms with Crippen LogP contribution in [0.5, 0.6) is 0 Å². The number of hydrogen-bond donors (Lipinski definition) is 1. The quantitative estimate of drug-likeness (QED) is 0.445. The molecule has 2 nitrogen and oxygen atoms in total. The molecule has 0 bridgehead atoms. The fourth-order valence-corrected chi connectivity index (χ4v) is 9.89. The standard InChI is InChI=1S/C30H50O2/c1-20(2)30(14-6-7-15-30)32-19-21(3)25-10-11-26-24-9-8-22-18-23(31)12-16-28(22,4)27(24)13-17-29(25,26)5/h8,20-21,23-27,31H,6-7,9-19H2,1-5H3/t21-,23+,24+,25-,26+,27+,28+,29-/m1/s1. The van der Waals surface area contributed by atoms with Gasteiger partial charge in [0, 0.05) is 0 Å². The van der Waals surface area contributed by atoms with Crippen LogP contribution in [-0.2, 0) is 4.74 Å². The van der Waals surface area contributed by atoms with Crippen LogP contribution in [0.1, 0.15) is 112 Å². The van der Waals surface area contributed by atoms with E-state index >= 15 is 0 Å². The molecule has 0 aromatic heterocycles. The third-order valence-corrected chi connectivity index (χ3v) is 12.0. The molecule has 8 atom stereocenters. The molecular weight excluding hydrogens is 392 g/mol. The maximum atomic E-state index is 10.3. The van der Waals surface area contributed by atoms with Crippen molar-refractivity contribution in [2.75, 3.05) is 6.61 Å². The molecule has 0 unspecified atom stereocenters. The van der Waals surface area contributed by atoms with Gasteiger partial charge in [-0.2, -0.15) is 0 Å². The second-order valence-corrected chi connectivity index (χ2v) is 13.6. The maximum Gasteiger partial charge on any atom is 0.0705 e. The fraction of sp³-hybridized carbons (Fsp3) is 0.933. The van der Waals surface area contributed by atoms with Crippen molar-refractivity contribution >= 4 is 0 Å². The van der Waals surface area contributed by atoms with Crippen LogP contribution in [0.4, 0.5) is 0 Å². The van der Waals surface area contributed by atoms with E-state index in [1.807, 2.05) is 0 Å². The molecule has 5 aliphatic carbocycles. The van der Waals surface area contributed by atoms with Crippen molar-refractivity contribution in [3.8, 4) is 0 Å². The van der Waals surface area contributed by atoms with Crippen LogP contribution in [0, 0.1) is 46.3 Å². The first-order valence-electron chi connectivity index (χ1n) is 14.2. The van der Waals surface area contributed by atoms with Gasteiger partial charge >= 0.3 is 0 Å². The van der Waals surface area contributed by atoms with E-state index in [-0.39, 0.29) is 11.7 Å². The summed E-state index contributed by atoms with van der Waals surface area (Å²) in [7, 11) is 0. The second-order valence-electron chi connectivity index (χ2n) is 13.6. The fourth-order valence-electron chi connectivity index (χ4n) is 9.89. The molecule has 182 valence electrons. The zero-order valence-corrected chi connectivity index (χ0v) is 21.7. The molecule has 4 saturated carbocycles. The third-order valence-electron chi connectivity index (χ3n) is 12.0. The van der Waals surface area contributed by atoms with Crippen molar-refractivity contribution in [3.63, 3.8) is 0 Å². The van der Waals surface area contributed by atoms with E-state index in [4.69, 9.17) is 4.74 Å². The number of aliphatic hydroxyl groups is 1. The molecule has 5 aliphatic rings. The van der Waals surface area contributed by atoms with E-state index in [2.05, 4.69) is 40.7 Å². The van der Waals surface area contributed by atoms with Crippen LogP contribution >= 0.6 is 0 Å². The molecule has 1 N–H and O–H groups in total. The molecule has 2 heteroatoms. The number of ether oxygens (including phenoxy) is 1. The highest BCUT2D eigenvalue weighted by Crippen LogP contribution is 2.67. The zero-order chi connectivity index (χ0) is 22.7. The van der Waals surface area contributed by atoms with Crippen molar-refractivity contribution in [1.82, 2.24) is 0 Å². The average molecular weight is 443 g/mol. The highest BCUT2D eigenvalue weighted by atomic mass is 16.5. The molecule has 0 heterocycles. The summed E-state index contributed by atoms with van der Waals surface area (Å²) in [6.07, 6.45) is 17.8. The Morgan fingerprint density at radius 2 is 1.72 bits per heavy atom. The van der Waals surface area contributed by atoms with Crippen molar-refractivity contribution < 1.29 is 9.84 Å². The lowest BCUT2D eigenvalue weighted by Crippen LogP contribution is -2.51. The van der Waals surface area contributed by atoms with Crippen molar-refractivity contribution in [2.24, 2.45) is 46.3 Å². The summed E-state index contributed by atoms with van der Waals surface area (Å²) >= 11 is 0. The smallest absolute Gasteiger partial charge is 0.0705 e. The topological polar surface area (TPSA) is 29.5 Å². The summed E-state index contributed by atoms with van der Waals surface area (Å²) in [6, 6.07) is 0. The van der Waals surface area contributed by atoms with Crippen molar-refractivity contribution in [1.29, 1.82) is 0 Å². The SMILES string of the molecule is CC(C)C1(OC[C@@H](C)[C@H]2CC[C@H]3[C@@H]4CC=C5C[C@@H](O)CC[C@]5(C)[C@H]4CC[C@]23C)CCCC1. The highest BCUT2D eigenvalue weighted by Gasteiger charge is 2.59. The molecule has 0 radical (unpaired) electrons. The lowest BCUT2D eigenvalue weighted by Gasteiger charge is -2.58. The van der Waals surface area contributed by atoms with Gasteiger partial charge in [-0.15, -0.1) is 0 Å². The van der Waals surface area contributed by atoms with E-state index in [0.717, 1.165) is 43.1 Å². The molecule has 0 spiro atoms. The van der Waals surface area contributed by atoms with Crippen LogP contribution in [0.3, 0.4) is 0 Å². The molecule has 0 aromatic rings. The van der Waals surface area contributed by atoms with Gasteiger partial charge in [0.25, 0.3) is 0 Å². The minimum absolute atomic E-state index is 0.0922. The average Bonchev–Trinajstić information content (AvgIpc) is 3.37. The Bertz CT molecular complexity index is 718. The molecule has 5 rings (SSSR count). The Balaban J connectivity index is 1.30. The van der Waals surface area contributed by atoms with Gasteiger partial charge in [-0.3, -0.25) is 0 Å². The Hall–Kier alpha value is -0.340. The lowest BCUT2D eigenvalue weighted by atomic mass is 9.47. The van der Waals surface area contributed by atoms with Crippen molar-refractivity contribution in [3.05, 3.63) is 11.6 Å². The first kappa shape index (κ1) is 23.4. The minimum atomic E-state index is -0.0922. The first-order valence-corrected chi connectivity index (χ1v) is 14.2. The number of hydrogen-bond acceptors (Lipinski definition) is 2. The predicted octanol–water partition coefficient (Wildman–Crippen LogP) is 7.55. The zero-order valence-electron chi connectivity index (χ0n) is 21.7. The van der Waals surface area contributed by atoms with Crippen LogP contribution in [0.25, 0.3) is 0 Å². The summed E-state index contributed by atoms with van der Waals surface area (Å²) in [4.78, 5) is 0. The predicted molar refractivity (Wildman–Crippen MR) is 132 cm³/mol. The Morgan fingerprint density at radius 3 is 2.44 bits per heavy atom. The van der Waals surface area contributed by atoms with Gasteiger partial charge in [-0.25, -0.2) is 0 Å². The number of aliphatic hydroxyl groups excluding tert-OH is 1. The van der Waals surface area contributed by atoms with E-state index in [9.17, 15) is 5.11 Å². The second kappa shape index (κ2) is 8.40. The summed E-state index contributed by atoms with van der Waals surface area (Å²) in [6.45, 7) is 13.5. The van der Waals surface area contributed by atoms with E-state index < -0.39 is 0 Å². The Kier molecular flexibility index (Phi) is 6.14. The maximum absolute atomic E-state index is 10.3. The van der Waals surface area contributed by atoms with Crippen LogP contribution in [0.15, 0.2) is 11.6 Å². The summed E-state index contributed by atoms with van der Waals surface area (Å²) in [5.74, 6) is 4.74. The van der Waals surface area contributed by atoms with Crippen molar-refractivity contribution in [2.45, 2.75) is 123 Å². The summed E-state index contributed by atoms with van der Waals surface area (Å²) < 4.78 is 6.82. The molecular formula is C30H50O2. The summed E-state index contributed by atoms with van der Waals surface area (Å²) in [5, 5.41) is 10.3. The first-order chi connectivity index (χ1) is 15.2. The van der Waals surface area contributed by atoms with Gasteiger partial charge < -0.3 is 9.84 Å². The van der Waals surface area contributed by atoms with Gasteiger partial charge in [-0.05, 0) is 111 Å². The van der Waals surface area contributed by atoms with Gasteiger partial charge in [0.2, 0.25) is 0 Å². The molecule has 0 amide bonds. The number of rotatable bonds is 5. The van der Waals surface area contributed by atoms with E-state index in [0.29, 0.717) is 22.7 Å². The number of fused-ring (bicyclic) bond motifs is 5. The third kappa shape index (κ3) is 3.57. The van der Waals surface area contributed by atoms with Crippen LogP contribution in [0.2, 0.25) is 0 Å². The normalized spacial score (nSPS) is 46.3. The number of allylic oxidation sites excluding steroid dienone is 1. The van der Waals surface area contributed by atoms with Crippen LogP contribution in [-0.4, -0.2) is 23.4 Å².